The molecule has 1 amide bonds. The zero-order valence-corrected chi connectivity index (χ0v) is 19.5. The van der Waals surface area contributed by atoms with E-state index in [0.29, 0.717) is 39.9 Å². The molecule has 9 heteroatoms. The molecule has 31 heavy (non-hydrogen) atoms. The van der Waals surface area contributed by atoms with Crippen molar-refractivity contribution >= 4 is 21.8 Å². The summed E-state index contributed by atoms with van der Waals surface area (Å²) in [7, 11) is 1.54. The van der Waals surface area contributed by atoms with Crippen molar-refractivity contribution in [2.24, 2.45) is 5.92 Å². The van der Waals surface area contributed by atoms with Crippen LogP contribution in [0.1, 0.15) is 49.5 Å². The van der Waals surface area contributed by atoms with Crippen LogP contribution in [0.2, 0.25) is 0 Å². The molecule has 0 aliphatic heterocycles. The van der Waals surface area contributed by atoms with E-state index in [1.807, 2.05) is 26.8 Å². The summed E-state index contributed by atoms with van der Waals surface area (Å²) >= 11 is 3.47. The van der Waals surface area contributed by atoms with Crippen molar-refractivity contribution in [1.82, 2.24) is 20.4 Å². The van der Waals surface area contributed by atoms with Gasteiger partial charge >= 0.3 is 0 Å². The monoisotopic (exact) mass is 488 g/mol. The molecular weight excluding hydrogens is 464 g/mol. The number of rotatable bonds is 9. The number of aromatic nitrogens is 3. The van der Waals surface area contributed by atoms with Gasteiger partial charge in [-0.3, -0.25) is 9.78 Å². The van der Waals surface area contributed by atoms with E-state index >= 15 is 0 Å². The molecule has 2 aromatic heterocycles. The van der Waals surface area contributed by atoms with E-state index in [-0.39, 0.29) is 11.8 Å². The minimum atomic E-state index is -0.466. The smallest absolute Gasteiger partial charge is 0.252 e. The van der Waals surface area contributed by atoms with Crippen molar-refractivity contribution in [1.29, 1.82) is 0 Å². The first-order valence-electron chi connectivity index (χ1n) is 9.99. The van der Waals surface area contributed by atoms with Crippen molar-refractivity contribution in [3.05, 3.63) is 52.6 Å². The van der Waals surface area contributed by atoms with Gasteiger partial charge in [0.2, 0.25) is 11.7 Å². The number of hydrogen-bond donors (Lipinski definition) is 1. The van der Waals surface area contributed by atoms with Crippen molar-refractivity contribution in [2.45, 2.75) is 33.2 Å². The summed E-state index contributed by atoms with van der Waals surface area (Å²) in [6.07, 6.45) is 4.19. The van der Waals surface area contributed by atoms with E-state index in [1.165, 1.54) is 7.11 Å². The lowest BCUT2D eigenvalue weighted by atomic mass is 10.0. The van der Waals surface area contributed by atoms with Gasteiger partial charge in [0, 0.05) is 23.5 Å². The van der Waals surface area contributed by atoms with E-state index < -0.39 is 6.04 Å². The number of carbonyl (C=O) groups is 1. The van der Waals surface area contributed by atoms with Gasteiger partial charge in [-0.05, 0) is 52.5 Å². The minimum absolute atomic E-state index is 0.0173. The number of pyridine rings is 1. The fraction of sp³-hybridized carbons (Fsp3) is 0.364. The van der Waals surface area contributed by atoms with Crippen molar-refractivity contribution in [3.8, 4) is 22.9 Å². The summed E-state index contributed by atoms with van der Waals surface area (Å²) < 4.78 is 17.3. The van der Waals surface area contributed by atoms with E-state index in [4.69, 9.17) is 14.0 Å². The Morgan fingerprint density at radius 1 is 1.32 bits per heavy atom. The van der Waals surface area contributed by atoms with Crippen molar-refractivity contribution in [3.63, 3.8) is 0 Å². The van der Waals surface area contributed by atoms with Gasteiger partial charge in [0.15, 0.2) is 11.5 Å². The third-order valence-corrected chi connectivity index (χ3v) is 5.11. The molecule has 3 rings (SSSR count). The third kappa shape index (κ3) is 5.41. The van der Waals surface area contributed by atoms with Crippen molar-refractivity contribution in [2.75, 3.05) is 13.7 Å². The van der Waals surface area contributed by atoms with Gasteiger partial charge < -0.3 is 19.3 Å². The number of ether oxygens (including phenoxy) is 2. The first-order chi connectivity index (χ1) is 14.9. The molecule has 8 nitrogen and oxygen atoms in total. The molecule has 0 saturated carbocycles. The maximum Gasteiger partial charge on any atom is 0.252 e. The Balaban J connectivity index is 1.83. The predicted octanol–water partition coefficient (Wildman–Crippen LogP) is 4.82. The van der Waals surface area contributed by atoms with Crippen LogP contribution in [0, 0.1) is 5.92 Å². The Hall–Kier alpha value is -2.94. The van der Waals surface area contributed by atoms with Crippen LogP contribution in [0.3, 0.4) is 0 Å². The average Bonchev–Trinajstić information content (AvgIpc) is 3.26. The SMILES string of the molecule is CCCOc1c(Br)cc(C(=O)NC(c2nc(-c3cccnc3)no2)C(C)C)cc1OC. The van der Waals surface area contributed by atoms with E-state index in [9.17, 15) is 4.79 Å². The number of hydrogen-bond acceptors (Lipinski definition) is 7. The third-order valence-electron chi connectivity index (χ3n) is 4.52. The normalized spacial score (nSPS) is 11.9. The lowest BCUT2D eigenvalue weighted by Crippen LogP contribution is -2.32. The highest BCUT2D eigenvalue weighted by molar-refractivity contribution is 9.10. The fourth-order valence-corrected chi connectivity index (χ4v) is 3.46. The first kappa shape index (κ1) is 22.7. The van der Waals surface area contributed by atoms with Crippen LogP contribution in [0.5, 0.6) is 11.5 Å². The van der Waals surface area contributed by atoms with Crippen molar-refractivity contribution < 1.29 is 18.8 Å². The maximum atomic E-state index is 13.0. The summed E-state index contributed by atoms with van der Waals surface area (Å²) in [4.78, 5) is 21.6. The Labute approximate surface area is 189 Å². The van der Waals surface area contributed by atoms with E-state index in [2.05, 4.69) is 36.4 Å². The number of methoxy groups -OCH3 is 1. The molecule has 0 saturated heterocycles. The largest absolute Gasteiger partial charge is 0.493 e. The van der Waals surface area contributed by atoms with Crippen LogP contribution >= 0.6 is 15.9 Å². The summed E-state index contributed by atoms with van der Waals surface area (Å²) in [6, 6.07) is 6.53. The van der Waals surface area contributed by atoms with Crippen LogP contribution in [0.4, 0.5) is 0 Å². The fourth-order valence-electron chi connectivity index (χ4n) is 2.91. The van der Waals surface area contributed by atoms with E-state index in [0.717, 1.165) is 12.0 Å². The quantitative estimate of drug-likeness (QED) is 0.460. The molecule has 0 spiro atoms. The van der Waals surface area contributed by atoms with Gasteiger partial charge in [-0.15, -0.1) is 0 Å². The standard InChI is InChI=1S/C22H25BrN4O4/c1-5-9-30-19-16(23)10-15(11-17(19)29-4)21(28)25-18(13(2)3)22-26-20(27-31-22)14-7-6-8-24-12-14/h6-8,10-13,18H,5,9H2,1-4H3,(H,25,28). The second-order valence-corrected chi connectivity index (χ2v) is 8.09. The molecule has 1 atom stereocenters. The molecule has 0 fully saturated rings. The average molecular weight is 489 g/mol. The van der Waals surface area contributed by atoms with Gasteiger partial charge in [0.1, 0.15) is 6.04 Å². The summed E-state index contributed by atoms with van der Waals surface area (Å²) in [5.41, 5.74) is 1.16. The molecule has 0 aliphatic carbocycles. The molecule has 0 radical (unpaired) electrons. The summed E-state index contributed by atoms with van der Waals surface area (Å²) in [5, 5.41) is 7.02. The Morgan fingerprint density at radius 3 is 2.77 bits per heavy atom. The highest BCUT2D eigenvalue weighted by Gasteiger charge is 2.26. The molecule has 164 valence electrons. The predicted molar refractivity (Wildman–Crippen MR) is 119 cm³/mol. The lowest BCUT2D eigenvalue weighted by Gasteiger charge is -2.19. The van der Waals surface area contributed by atoms with Gasteiger partial charge in [-0.25, -0.2) is 0 Å². The number of nitrogens with zero attached hydrogens (tertiary/aromatic N) is 3. The Kier molecular flexibility index (Phi) is 7.62. The van der Waals surface area contributed by atoms with Gasteiger partial charge in [0.05, 0.1) is 18.2 Å². The second kappa shape index (κ2) is 10.4. The Bertz CT molecular complexity index is 1020. The topological polar surface area (TPSA) is 99.4 Å². The highest BCUT2D eigenvalue weighted by atomic mass is 79.9. The molecule has 3 aromatic rings. The lowest BCUT2D eigenvalue weighted by molar-refractivity contribution is 0.0913. The molecule has 1 unspecified atom stereocenters. The highest BCUT2D eigenvalue weighted by Crippen LogP contribution is 2.37. The molecular formula is C22H25BrN4O4. The van der Waals surface area contributed by atoms with Crippen LogP contribution < -0.4 is 14.8 Å². The second-order valence-electron chi connectivity index (χ2n) is 7.23. The number of carbonyl (C=O) groups excluding carboxylic acids is 1. The molecule has 0 aliphatic rings. The molecule has 1 aromatic carbocycles. The number of benzene rings is 1. The molecule has 2 heterocycles. The van der Waals surface area contributed by atoms with Gasteiger partial charge in [0.25, 0.3) is 5.91 Å². The Morgan fingerprint density at radius 2 is 2.13 bits per heavy atom. The van der Waals surface area contributed by atoms with Crippen LogP contribution in [0.15, 0.2) is 45.7 Å². The number of halogens is 1. The minimum Gasteiger partial charge on any atom is -0.493 e. The molecule has 0 bridgehead atoms. The van der Waals surface area contributed by atoms with Gasteiger partial charge in [-0.2, -0.15) is 4.98 Å². The van der Waals surface area contributed by atoms with Crippen LogP contribution in [0.25, 0.3) is 11.4 Å². The van der Waals surface area contributed by atoms with E-state index in [1.54, 1.807) is 30.6 Å². The summed E-state index contributed by atoms with van der Waals surface area (Å²) in [6.45, 7) is 6.51. The number of amides is 1. The zero-order chi connectivity index (χ0) is 22.4. The first-order valence-corrected chi connectivity index (χ1v) is 10.8. The maximum absolute atomic E-state index is 13.0. The van der Waals surface area contributed by atoms with Gasteiger partial charge in [-0.1, -0.05) is 25.9 Å². The summed E-state index contributed by atoms with van der Waals surface area (Å²) in [5.74, 6) is 1.52. The zero-order valence-electron chi connectivity index (χ0n) is 17.9. The molecule has 1 N–H and O–H groups in total. The van der Waals surface area contributed by atoms with Crippen LogP contribution in [-0.2, 0) is 0 Å². The van der Waals surface area contributed by atoms with Crippen LogP contribution in [-0.4, -0.2) is 34.7 Å². The number of nitrogens with one attached hydrogen (secondary N) is 1.